The van der Waals surface area contributed by atoms with Crippen LogP contribution in [0.1, 0.15) is 36.9 Å². The average molecular weight is 439 g/mol. The van der Waals surface area contributed by atoms with Crippen molar-refractivity contribution in [2.24, 2.45) is 0 Å². The Balaban J connectivity index is 1.51. The molecule has 10 heteroatoms. The van der Waals surface area contributed by atoms with Gasteiger partial charge in [-0.25, -0.2) is 13.8 Å². The predicted molar refractivity (Wildman–Crippen MR) is 104 cm³/mol. The van der Waals surface area contributed by atoms with E-state index >= 15 is 0 Å². The molecule has 2 aliphatic carbocycles. The van der Waals surface area contributed by atoms with Crippen LogP contribution in [-0.4, -0.2) is 45.2 Å². The van der Waals surface area contributed by atoms with Gasteiger partial charge in [-0.15, -0.1) is 0 Å². The van der Waals surface area contributed by atoms with Crippen LogP contribution < -0.4 is 5.73 Å². The molecule has 2 N–H and O–H groups in total. The summed E-state index contributed by atoms with van der Waals surface area (Å²) in [7, 11) is 0. The maximum Gasteiger partial charge on any atom is 0.419 e. The molecule has 0 spiro atoms. The molecule has 2 aromatic rings. The first kappa shape index (κ1) is 20.4. The molecule has 5 rings (SSSR count). The molecule has 1 aliphatic heterocycles. The minimum absolute atomic E-state index is 0.104. The Bertz CT molecular complexity index is 1040. The molecule has 0 amide bonds. The number of pyridine rings is 1. The smallest absolute Gasteiger partial charge is 0.383 e. The molecule has 5 nitrogen and oxygen atoms in total. The van der Waals surface area contributed by atoms with Gasteiger partial charge in [0.2, 0.25) is 0 Å². The summed E-state index contributed by atoms with van der Waals surface area (Å²) in [6, 6.07) is 2.80. The zero-order valence-electron chi connectivity index (χ0n) is 16.7. The number of fused-ring (bicyclic) bond motifs is 1. The molecule has 2 fully saturated rings. The lowest BCUT2D eigenvalue weighted by Gasteiger charge is -2.25. The van der Waals surface area contributed by atoms with E-state index in [1.807, 2.05) is 0 Å². The standard InChI is InChI=1S/C21H22F5N5/c22-18(23)11-31-17(20-8-13(20)6-14(9-20)30-3-1-2-4-30)7-16(29-31)12-5-15(21(24,25)26)19(27)28-10-12/h5-7,10,14,18H,1-4,8-9,11H2,(H2,27,28). The largest absolute Gasteiger partial charge is 0.419 e. The molecule has 2 atom stereocenters. The second kappa shape index (κ2) is 7.01. The molecular formula is C21H22F5N5. The fourth-order valence-electron chi connectivity index (χ4n) is 5.07. The number of nitrogens with two attached hydrogens (primary N) is 1. The highest BCUT2D eigenvalue weighted by molar-refractivity contribution is 5.65. The molecule has 1 saturated heterocycles. The Morgan fingerprint density at radius 3 is 2.61 bits per heavy atom. The average Bonchev–Trinajstić information content (AvgIpc) is 3.14. The van der Waals surface area contributed by atoms with Crippen LogP contribution in [0, 0.1) is 0 Å². The fraction of sp³-hybridized carbons (Fsp3) is 0.524. The quantitative estimate of drug-likeness (QED) is 0.559. The zero-order valence-corrected chi connectivity index (χ0v) is 16.7. The lowest BCUT2D eigenvalue weighted by molar-refractivity contribution is -0.137. The molecular weight excluding hydrogens is 417 g/mol. The monoisotopic (exact) mass is 439 g/mol. The van der Waals surface area contributed by atoms with Gasteiger partial charge in [0.05, 0.1) is 11.3 Å². The van der Waals surface area contributed by atoms with E-state index < -0.39 is 30.5 Å². The van der Waals surface area contributed by atoms with E-state index in [-0.39, 0.29) is 22.7 Å². The molecule has 31 heavy (non-hydrogen) atoms. The van der Waals surface area contributed by atoms with Crippen molar-refractivity contribution >= 4 is 5.82 Å². The first-order valence-corrected chi connectivity index (χ1v) is 10.3. The van der Waals surface area contributed by atoms with Crippen molar-refractivity contribution in [2.45, 2.75) is 56.3 Å². The predicted octanol–water partition coefficient (Wildman–Crippen LogP) is 4.25. The highest BCUT2D eigenvalue weighted by Gasteiger charge is 2.58. The highest BCUT2D eigenvalue weighted by Crippen LogP contribution is 2.62. The molecule has 3 heterocycles. The number of alkyl halides is 5. The Morgan fingerprint density at radius 2 is 1.94 bits per heavy atom. The molecule has 0 radical (unpaired) electrons. The summed E-state index contributed by atoms with van der Waals surface area (Å²) in [6.07, 6.45) is 0.0341. The van der Waals surface area contributed by atoms with Gasteiger partial charge in [0, 0.05) is 28.9 Å². The van der Waals surface area contributed by atoms with E-state index in [0.717, 1.165) is 44.8 Å². The summed E-state index contributed by atoms with van der Waals surface area (Å²) in [5.41, 5.74) is 6.13. The Kier molecular flexibility index (Phi) is 4.62. The van der Waals surface area contributed by atoms with Gasteiger partial charge in [0.15, 0.2) is 0 Å². The molecule has 2 aromatic heterocycles. The van der Waals surface area contributed by atoms with Crippen molar-refractivity contribution in [1.82, 2.24) is 19.7 Å². The third-order valence-electron chi connectivity index (χ3n) is 6.64. The van der Waals surface area contributed by atoms with Crippen LogP contribution in [0.3, 0.4) is 0 Å². The topological polar surface area (TPSA) is 60.0 Å². The Labute approximate surface area is 175 Å². The van der Waals surface area contributed by atoms with E-state index in [1.54, 1.807) is 6.07 Å². The minimum atomic E-state index is -4.67. The van der Waals surface area contributed by atoms with Gasteiger partial charge in [-0.1, -0.05) is 11.6 Å². The second-order valence-electron chi connectivity index (χ2n) is 8.61. The molecule has 0 aromatic carbocycles. The van der Waals surface area contributed by atoms with Crippen molar-refractivity contribution in [2.75, 3.05) is 18.8 Å². The van der Waals surface area contributed by atoms with Crippen molar-refractivity contribution in [3.05, 3.63) is 41.2 Å². The summed E-state index contributed by atoms with van der Waals surface area (Å²) in [4.78, 5) is 6.07. The highest BCUT2D eigenvalue weighted by atomic mass is 19.4. The minimum Gasteiger partial charge on any atom is -0.383 e. The lowest BCUT2D eigenvalue weighted by Crippen LogP contribution is -2.32. The molecule has 3 aliphatic rings. The van der Waals surface area contributed by atoms with Gasteiger partial charge in [-0.3, -0.25) is 9.58 Å². The summed E-state index contributed by atoms with van der Waals surface area (Å²) in [6.45, 7) is 1.46. The van der Waals surface area contributed by atoms with E-state index in [0.29, 0.717) is 5.69 Å². The van der Waals surface area contributed by atoms with Crippen LogP contribution in [0.4, 0.5) is 27.8 Å². The van der Waals surface area contributed by atoms with Gasteiger partial charge in [0.1, 0.15) is 12.4 Å². The number of hydrogen-bond donors (Lipinski definition) is 1. The number of rotatable bonds is 5. The Morgan fingerprint density at radius 1 is 1.19 bits per heavy atom. The van der Waals surface area contributed by atoms with E-state index in [2.05, 4.69) is 21.1 Å². The van der Waals surface area contributed by atoms with Gasteiger partial charge in [-0.05, 0) is 50.9 Å². The Hall–Kier alpha value is -2.49. The number of likely N-dealkylation sites (tertiary alicyclic amines) is 1. The third kappa shape index (κ3) is 3.50. The molecule has 166 valence electrons. The molecule has 0 bridgehead atoms. The number of halogens is 5. The summed E-state index contributed by atoms with van der Waals surface area (Å²) < 4.78 is 67.5. The lowest BCUT2D eigenvalue weighted by atomic mass is 9.95. The summed E-state index contributed by atoms with van der Waals surface area (Å²) in [5.74, 6) is -0.626. The third-order valence-corrected chi connectivity index (χ3v) is 6.64. The van der Waals surface area contributed by atoms with Gasteiger partial charge in [0.25, 0.3) is 6.43 Å². The number of anilines is 1. The van der Waals surface area contributed by atoms with Crippen molar-refractivity contribution in [3.63, 3.8) is 0 Å². The second-order valence-corrected chi connectivity index (χ2v) is 8.61. The number of nitrogens with zero attached hydrogens (tertiary/aromatic N) is 4. The van der Waals surface area contributed by atoms with Crippen molar-refractivity contribution in [1.29, 1.82) is 0 Å². The van der Waals surface area contributed by atoms with Crippen LogP contribution in [-0.2, 0) is 18.1 Å². The van der Waals surface area contributed by atoms with E-state index in [9.17, 15) is 22.0 Å². The first-order chi connectivity index (χ1) is 14.7. The SMILES string of the molecule is Nc1ncc(-c2cc(C34CC3=CC(N3CCCC3)C4)n(CC(F)F)n2)cc1C(F)(F)F. The zero-order chi connectivity index (χ0) is 22.0. The van der Waals surface area contributed by atoms with Crippen LogP contribution in [0.15, 0.2) is 30.0 Å². The van der Waals surface area contributed by atoms with Gasteiger partial charge < -0.3 is 5.73 Å². The maximum absolute atomic E-state index is 13.3. The van der Waals surface area contributed by atoms with Crippen LogP contribution in [0.2, 0.25) is 0 Å². The number of allylic oxidation sites excluding steroid dienone is 1. The van der Waals surface area contributed by atoms with Crippen LogP contribution in [0.25, 0.3) is 11.3 Å². The summed E-state index contributed by atoms with van der Waals surface area (Å²) in [5, 5.41) is 4.26. The van der Waals surface area contributed by atoms with Crippen LogP contribution >= 0.6 is 0 Å². The number of hydrogen-bond acceptors (Lipinski definition) is 4. The van der Waals surface area contributed by atoms with Crippen molar-refractivity contribution < 1.29 is 22.0 Å². The first-order valence-electron chi connectivity index (χ1n) is 10.3. The normalized spacial score (nSPS) is 25.9. The molecule has 1 saturated carbocycles. The summed E-state index contributed by atoms with van der Waals surface area (Å²) >= 11 is 0. The van der Waals surface area contributed by atoms with E-state index in [4.69, 9.17) is 5.73 Å². The number of nitrogen functional groups attached to an aromatic ring is 1. The van der Waals surface area contributed by atoms with E-state index in [1.165, 1.54) is 16.5 Å². The number of aromatic nitrogens is 3. The van der Waals surface area contributed by atoms with Crippen molar-refractivity contribution in [3.8, 4) is 11.3 Å². The van der Waals surface area contributed by atoms with Gasteiger partial charge in [-0.2, -0.15) is 18.3 Å². The van der Waals surface area contributed by atoms with Gasteiger partial charge >= 0.3 is 6.18 Å². The molecule has 2 unspecified atom stereocenters. The fourth-order valence-corrected chi connectivity index (χ4v) is 5.07. The van der Waals surface area contributed by atoms with Crippen LogP contribution in [0.5, 0.6) is 0 Å². The maximum atomic E-state index is 13.3.